The summed E-state index contributed by atoms with van der Waals surface area (Å²) in [4.78, 5) is 30.2. The second-order valence-electron chi connectivity index (χ2n) is 3.59. The molecule has 1 aromatic rings. The molecule has 0 fully saturated rings. The summed E-state index contributed by atoms with van der Waals surface area (Å²) in [5.41, 5.74) is 0.0930. The number of nitrogens with zero attached hydrogens (tertiary/aromatic N) is 2. The molecule has 1 unspecified atom stereocenters. The highest BCUT2D eigenvalue weighted by molar-refractivity contribution is 5.94. The van der Waals surface area contributed by atoms with Crippen LogP contribution in [-0.2, 0) is 9.53 Å². The van der Waals surface area contributed by atoms with E-state index in [1.54, 1.807) is 0 Å². The Kier molecular flexibility index (Phi) is 5.72. The summed E-state index contributed by atoms with van der Waals surface area (Å²) in [6.07, 6.45) is 4.94. The minimum atomic E-state index is -1.08. The van der Waals surface area contributed by atoms with Gasteiger partial charge < -0.3 is 15.2 Å². The highest BCUT2D eigenvalue weighted by atomic mass is 16.5. The lowest BCUT2D eigenvalue weighted by Gasteiger charge is -2.13. The van der Waals surface area contributed by atoms with Gasteiger partial charge in [0.25, 0.3) is 5.91 Å². The van der Waals surface area contributed by atoms with Crippen LogP contribution in [0, 0.1) is 0 Å². The topological polar surface area (TPSA) is 101 Å². The summed E-state index contributed by atoms with van der Waals surface area (Å²) >= 11 is 0. The van der Waals surface area contributed by atoms with Crippen LogP contribution in [0.3, 0.4) is 0 Å². The summed E-state index contributed by atoms with van der Waals surface area (Å²) < 4.78 is 4.83. The van der Waals surface area contributed by atoms with Crippen molar-refractivity contribution in [2.75, 3.05) is 13.7 Å². The fraction of sp³-hybridized carbons (Fsp3) is 0.455. The van der Waals surface area contributed by atoms with E-state index in [0.717, 1.165) is 0 Å². The zero-order valence-corrected chi connectivity index (χ0v) is 10.00. The second-order valence-corrected chi connectivity index (χ2v) is 3.59. The fourth-order valence-corrected chi connectivity index (χ4v) is 1.34. The first-order valence-corrected chi connectivity index (χ1v) is 5.43. The summed E-state index contributed by atoms with van der Waals surface area (Å²) in [7, 11) is 1.54. The molecule has 0 radical (unpaired) electrons. The summed E-state index contributed by atoms with van der Waals surface area (Å²) in [6.45, 7) is 0.449. The molecule has 2 N–H and O–H groups in total. The molecule has 18 heavy (non-hydrogen) atoms. The Balaban J connectivity index is 2.55. The molecule has 98 valence electrons. The Hall–Kier alpha value is -2.02. The number of aliphatic carboxylic acids is 1. The van der Waals surface area contributed by atoms with Gasteiger partial charge in [0.15, 0.2) is 0 Å². The Morgan fingerprint density at radius 3 is 2.83 bits per heavy atom. The molecule has 1 amide bonds. The van der Waals surface area contributed by atoms with E-state index in [9.17, 15) is 9.59 Å². The quantitative estimate of drug-likeness (QED) is 0.667. The molecule has 0 aliphatic heterocycles. The van der Waals surface area contributed by atoms with Crippen LogP contribution in [0.2, 0.25) is 0 Å². The number of carbonyl (C=O) groups is 2. The number of aromatic nitrogens is 2. The first kappa shape index (κ1) is 14.0. The van der Waals surface area contributed by atoms with Crippen LogP contribution in [0.5, 0.6) is 0 Å². The third kappa shape index (κ3) is 4.46. The molecule has 1 rings (SSSR count). The minimum Gasteiger partial charge on any atom is -0.480 e. The smallest absolute Gasteiger partial charge is 0.326 e. The van der Waals surface area contributed by atoms with E-state index in [1.165, 1.54) is 25.7 Å². The van der Waals surface area contributed by atoms with Crippen LogP contribution in [0.15, 0.2) is 18.6 Å². The Morgan fingerprint density at radius 1 is 1.50 bits per heavy atom. The highest BCUT2D eigenvalue weighted by Gasteiger charge is 2.20. The van der Waals surface area contributed by atoms with Crippen LogP contribution >= 0.6 is 0 Å². The molecule has 0 spiro atoms. The van der Waals surface area contributed by atoms with Gasteiger partial charge in [-0.15, -0.1) is 0 Å². The average Bonchev–Trinajstić information content (AvgIpc) is 2.38. The van der Waals surface area contributed by atoms with Crippen LogP contribution in [-0.4, -0.2) is 46.7 Å². The van der Waals surface area contributed by atoms with Crippen molar-refractivity contribution in [3.8, 4) is 0 Å². The number of carbonyl (C=O) groups excluding carboxylic acids is 1. The second kappa shape index (κ2) is 7.33. The number of carboxylic acid groups (broad SMARTS) is 1. The number of amides is 1. The molecule has 0 aliphatic carbocycles. The van der Waals surface area contributed by atoms with Gasteiger partial charge in [-0.05, 0) is 12.8 Å². The minimum absolute atomic E-state index is 0.0930. The van der Waals surface area contributed by atoms with Gasteiger partial charge in [0.05, 0.1) is 6.20 Å². The van der Waals surface area contributed by atoms with Gasteiger partial charge >= 0.3 is 5.97 Å². The van der Waals surface area contributed by atoms with E-state index >= 15 is 0 Å². The van der Waals surface area contributed by atoms with Crippen LogP contribution in [0.25, 0.3) is 0 Å². The lowest BCUT2D eigenvalue weighted by molar-refractivity contribution is -0.139. The first-order chi connectivity index (χ1) is 8.65. The molecule has 7 nitrogen and oxygen atoms in total. The molecular formula is C11H15N3O4. The predicted molar refractivity (Wildman–Crippen MR) is 62.0 cm³/mol. The van der Waals surface area contributed by atoms with Crippen LogP contribution in [0.1, 0.15) is 23.3 Å². The van der Waals surface area contributed by atoms with Gasteiger partial charge in [-0.3, -0.25) is 9.78 Å². The van der Waals surface area contributed by atoms with Gasteiger partial charge in [-0.1, -0.05) is 0 Å². The molecule has 0 bridgehead atoms. The third-order valence-electron chi connectivity index (χ3n) is 2.24. The van der Waals surface area contributed by atoms with Crippen molar-refractivity contribution in [2.24, 2.45) is 0 Å². The molecule has 1 atom stereocenters. The van der Waals surface area contributed by atoms with Crippen molar-refractivity contribution >= 4 is 11.9 Å². The number of ether oxygens (including phenoxy) is 1. The zero-order chi connectivity index (χ0) is 13.4. The molecule has 7 heteroatoms. The van der Waals surface area contributed by atoms with E-state index in [2.05, 4.69) is 15.3 Å². The Labute approximate surface area is 104 Å². The van der Waals surface area contributed by atoms with Crippen LogP contribution < -0.4 is 5.32 Å². The lowest BCUT2D eigenvalue weighted by atomic mass is 10.1. The number of hydrogen-bond donors (Lipinski definition) is 2. The number of methoxy groups -OCH3 is 1. The van der Waals surface area contributed by atoms with Crippen LogP contribution in [0.4, 0.5) is 0 Å². The van der Waals surface area contributed by atoms with Crippen molar-refractivity contribution in [1.82, 2.24) is 15.3 Å². The normalized spacial score (nSPS) is 11.8. The highest BCUT2D eigenvalue weighted by Crippen LogP contribution is 2.00. The molecule has 1 aromatic heterocycles. The lowest BCUT2D eigenvalue weighted by Crippen LogP contribution is -2.41. The van der Waals surface area contributed by atoms with Gasteiger partial charge in [0.2, 0.25) is 0 Å². The first-order valence-electron chi connectivity index (χ1n) is 5.43. The number of nitrogens with one attached hydrogen (secondary N) is 1. The molecule has 0 aliphatic rings. The molecule has 0 saturated carbocycles. The fourth-order valence-electron chi connectivity index (χ4n) is 1.34. The monoisotopic (exact) mass is 253 g/mol. The number of rotatable bonds is 7. The zero-order valence-electron chi connectivity index (χ0n) is 10.00. The summed E-state index contributed by atoms with van der Waals surface area (Å²) in [6, 6.07) is -0.949. The van der Waals surface area contributed by atoms with Crippen molar-refractivity contribution in [1.29, 1.82) is 0 Å². The van der Waals surface area contributed by atoms with E-state index in [-0.39, 0.29) is 5.69 Å². The predicted octanol–water partition coefficient (Wildman–Crippen LogP) is 0.0862. The number of carboxylic acids is 1. The van der Waals surface area contributed by atoms with E-state index in [4.69, 9.17) is 9.84 Å². The largest absolute Gasteiger partial charge is 0.480 e. The van der Waals surface area contributed by atoms with Crippen molar-refractivity contribution in [3.05, 3.63) is 24.3 Å². The van der Waals surface area contributed by atoms with E-state index in [0.29, 0.717) is 19.4 Å². The van der Waals surface area contributed by atoms with Crippen molar-refractivity contribution < 1.29 is 19.4 Å². The molecular weight excluding hydrogens is 238 g/mol. The van der Waals surface area contributed by atoms with Crippen molar-refractivity contribution in [2.45, 2.75) is 18.9 Å². The van der Waals surface area contributed by atoms with Crippen molar-refractivity contribution in [3.63, 3.8) is 0 Å². The standard InChI is InChI=1S/C11H15N3O4/c1-18-6-2-3-8(11(16)17)14-10(15)9-7-12-4-5-13-9/h4-5,7-8H,2-3,6H2,1H3,(H,14,15)(H,16,17). The Morgan fingerprint density at radius 2 is 2.28 bits per heavy atom. The maximum absolute atomic E-state index is 11.7. The van der Waals surface area contributed by atoms with E-state index in [1.807, 2.05) is 0 Å². The van der Waals surface area contributed by atoms with Gasteiger partial charge in [-0.25, -0.2) is 9.78 Å². The molecule has 1 heterocycles. The molecule has 0 saturated heterocycles. The van der Waals surface area contributed by atoms with Gasteiger partial charge in [-0.2, -0.15) is 0 Å². The SMILES string of the molecule is COCCCC(NC(=O)c1cnccn1)C(=O)O. The van der Waals surface area contributed by atoms with Gasteiger partial charge in [0, 0.05) is 26.1 Å². The maximum atomic E-state index is 11.7. The summed E-state index contributed by atoms with van der Waals surface area (Å²) in [5, 5.41) is 11.4. The third-order valence-corrected chi connectivity index (χ3v) is 2.24. The van der Waals surface area contributed by atoms with E-state index < -0.39 is 17.9 Å². The average molecular weight is 253 g/mol. The maximum Gasteiger partial charge on any atom is 0.326 e. The summed E-state index contributed by atoms with van der Waals surface area (Å²) in [5.74, 6) is -1.63. The molecule has 0 aromatic carbocycles. The number of hydrogen-bond acceptors (Lipinski definition) is 5. The van der Waals surface area contributed by atoms with Gasteiger partial charge in [0.1, 0.15) is 11.7 Å². The Bertz CT molecular complexity index is 397.